The van der Waals surface area contributed by atoms with Gasteiger partial charge in [0.05, 0.1) is 6.20 Å². The molecule has 7 heteroatoms. The molecule has 0 unspecified atom stereocenters. The maximum Gasteiger partial charge on any atom is 0.380 e. The zero-order valence-corrected chi connectivity index (χ0v) is 7.81. The number of hydrogen-bond donors (Lipinski definition) is 1. The standard InChI is InChI=1S/C7H7N3O3S/c8-14(11,12)13-7-5-9-10-4-2-1-3-6(7)10/h1-5H,(H2,8,11,12). The van der Waals surface area contributed by atoms with E-state index in [9.17, 15) is 8.42 Å². The van der Waals surface area contributed by atoms with E-state index in [1.165, 1.54) is 10.7 Å². The molecule has 0 saturated heterocycles. The van der Waals surface area contributed by atoms with Crippen LogP contribution in [0.25, 0.3) is 5.52 Å². The van der Waals surface area contributed by atoms with Gasteiger partial charge in [-0.1, -0.05) is 6.07 Å². The van der Waals surface area contributed by atoms with Crippen LogP contribution in [0.5, 0.6) is 5.75 Å². The molecule has 0 atom stereocenters. The van der Waals surface area contributed by atoms with E-state index in [4.69, 9.17) is 5.14 Å². The highest BCUT2D eigenvalue weighted by atomic mass is 32.2. The molecule has 2 heterocycles. The zero-order valence-electron chi connectivity index (χ0n) is 6.99. The van der Waals surface area contributed by atoms with Crippen molar-refractivity contribution < 1.29 is 12.6 Å². The zero-order chi connectivity index (χ0) is 10.2. The van der Waals surface area contributed by atoms with Crippen molar-refractivity contribution in [3.8, 4) is 5.75 Å². The van der Waals surface area contributed by atoms with Crippen LogP contribution in [0, 0.1) is 0 Å². The van der Waals surface area contributed by atoms with Crippen molar-refractivity contribution in [1.82, 2.24) is 9.61 Å². The summed E-state index contributed by atoms with van der Waals surface area (Å²) in [4.78, 5) is 0. The molecular weight excluding hydrogens is 206 g/mol. The van der Waals surface area contributed by atoms with Crippen molar-refractivity contribution >= 4 is 15.8 Å². The van der Waals surface area contributed by atoms with Crippen molar-refractivity contribution in [3.05, 3.63) is 30.6 Å². The molecule has 2 aromatic rings. The summed E-state index contributed by atoms with van der Waals surface area (Å²) in [5.74, 6) is 0.119. The summed E-state index contributed by atoms with van der Waals surface area (Å²) in [5, 5.41) is 8.61. The van der Waals surface area contributed by atoms with Crippen LogP contribution in [0.1, 0.15) is 0 Å². The summed E-state index contributed by atoms with van der Waals surface area (Å²) in [6.45, 7) is 0. The highest BCUT2D eigenvalue weighted by Gasteiger charge is 2.10. The van der Waals surface area contributed by atoms with Gasteiger partial charge in [-0.25, -0.2) is 4.52 Å². The van der Waals surface area contributed by atoms with Crippen LogP contribution >= 0.6 is 0 Å². The van der Waals surface area contributed by atoms with E-state index >= 15 is 0 Å². The first kappa shape index (κ1) is 8.97. The number of aromatic nitrogens is 2. The molecule has 0 aliphatic carbocycles. The lowest BCUT2D eigenvalue weighted by molar-refractivity contribution is 0.490. The molecule has 0 bridgehead atoms. The Morgan fingerprint density at radius 1 is 1.43 bits per heavy atom. The van der Waals surface area contributed by atoms with Gasteiger partial charge in [0.1, 0.15) is 5.52 Å². The second-order valence-corrected chi connectivity index (χ2v) is 3.77. The van der Waals surface area contributed by atoms with Crippen molar-refractivity contribution in [2.45, 2.75) is 0 Å². The van der Waals surface area contributed by atoms with Crippen LogP contribution in [0.4, 0.5) is 0 Å². The molecule has 0 radical (unpaired) electrons. The van der Waals surface area contributed by atoms with Crippen LogP contribution in [-0.4, -0.2) is 18.0 Å². The van der Waals surface area contributed by atoms with Crippen molar-refractivity contribution in [1.29, 1.82) is 0 Å². The lowest BCUT2D eigenvalue weighted by atomic mass is 10.4. The van der Waals surface area contributed by atoms with Gasteiger partial charge in [0, 0.05) is 6.20 Å². The first-order valence-corrected chi connectivity index (χ1v) is 5.18. The van der Waals surface area contributed by atoms with Gasteiger partial charge >= 0.3 is 10.3 Å². The summed E-state index contributed by atoms with van der Waals surface area (Å²) >= 11 is 0. The van der Waals surface area contributed by atoms with E-state index in [-0.39, 0.29) is 5.75 Å². The minimum atomic E-state index is -3.99. The van der Waals surface area contributed by atoms with Crippen molar-refractivity contribution in [2.24, 2.45) is 5.14 Å². The monoisotopic (exact) mass is 213 g/mol. The molecule has 2 aromatic heterocycles. The summed E-state index contributed by atoms with van der Waals surface area (Å²) in [6, 6.07) is 5.18. The normalized spacial score (nSPS) is 11.8. The van der Waals surface area contributed by atoms with Gasteiger partial charge in [-0.05, 0) is 12.1 Å². The first-order chi connectivity index (χ1) is 6.56. The van der Waals surface area contributed by atoms with Crippen LogP contribution in [0.15, 0.2) is 30.6 Å². The number of nitrogens with two attached hydrogens (primary N) is 1. The number of hydrogen-bond acceptors (Lipinski definition) is 4. The van der Waals surface area contributed by atoms with Gasteiger partial charge in [0.2, 0.25) is 0 Å². The number of nitrogens with zero attached hydrogens (tertiary/aromatic N) is 2. The lowest BCUT2D eigenvalue weighted by Crippen LogP contribution is -2.18. The fraction of sp³-hybridized carbons (Fsp3) is 0. The second-order valence-electron chi connectivity index (χ2n) is 2.62. The molecule has 74 valence electrons. The summed E-state index contributed by atoms with van der Waals surface area (Å²) in [7, 11) is -3.99. The quantitative estimate of drug-likeness (QED) is 0.755. The Morgan fingerprint density at radius 3 is 2.93 bits per heavy atom. The topological polar surface area (TPSA) is 86.7 Å². The Bertz CT molecular complexity index is 560. The van der Waals surface area contributed by atoms with Gasteiger partial charge in [-0.3, -0.25) is 0 Å². The highest BCUT2D eigenvalue weighted by molar-refractivity contribution is 7.84. The Labute approximate surface area is 80.2 Å². The molecule has 2 rings (SSSR count). The average molecular weight is 213 g/mol. The van der Waals surface area contributed by atoms with Gasteiger partial charge in [0.15, 0.2) is 5.75 Å². The van der Waals surface area contributed by atoms with Gasteiger partial charge in [0.25, 0.3) is 0 Å². The first-order valence-electron chi connectivity index (χ1n) is 3.71. The Hall–Kier alpha value is -1.60. The van der Waals surface area contributed by atoms with Crippen LogP contribution in [0.2, 0.25) is 0 Å². The molecule has 0 aromatic carbocycles. The highest BCUT2D eigenvalue weighted by Crippen LogP contribution is 2.19. The molecule has 2 N–H and O–H groups in total. The Kier molecular flexibility index (Phi) is 1.90. The fourth-order valence-electron chi connectivity index (χ4n) is 1.10. The number of pyridine rings is 1. The number of fused-ring (bicyclic) bond motifs is 1. The SMILES string of the molecule is NS(=O)(=O)Oc1cnn2ccccc12. The summed E-state index contributed by atoms with van der Waals surface area (Å²) in [5.41, 5.74) is 0.543. The van der Waals surface area contributed by atoms with E-state index in [0.717, 1.165) is 0 Å². The van der Waals surface area contributed by atoms with Crippen LogP contribution < -0.4 is 9.32 Å². The molecule has 0 saturated carbocycles. The minimum absolute atomic E-state index is 0.119. The summed E-state index contributed by atoms with van der Waals surface area (Å²) in [6.07, 6.45) is 2.96. The largest absolute Gasteiger partial charge is 0.380 e. The molecule has 0 aliphatic heterocycles. The fourth-order valence-corrected chi connectivity index (χ4v) is 1.48. The predicted octanol–water partition coefficient (Wildman–Crippen LogP) is -0.0834. The van der Waals surface area contributed by atoms with Crippen molar-refractivity contribution in [2.75, 3.05) is 0 Å². The van der Waals surface area contributed by atoms with E-state index < -0.39 is 10.3 Å². The van der Waals surface area contributed by atoms with Gasteiger partial charge in [-0.2, -0.15) is 18.7 Å². The third kappa shape index (κ3) is 1.68. The summed E-state index contributed by atoms with van der Waals surface area (Å²) < 4.78 is 27.3. The van der Waals surface area contributed by atoms with Crippen LogP contribution in [-0.2, 0) is 10.3 Å². The average Bonchev–Trinajstić information content (AvgIpc) is 2.47. The third-order valence-electron chi connectivity index (χ3n) is 1.60. The molecular formula is C7H7N3O3S. The van der Waals surface area contributed by atoms with E-state index in [0.29, 0.717) is 5.52 Å². The number of rotatable bonds is 2. The Morgan fingerprint density at radius 2 is 2.21 bits per heavy atom. The van der Waals surface area contributed by atoms with Crippen LogP contribution in [0.3, 0.4) is 0 Å². The van der Waals surface area contributed by atoms with E-state index in [2.05, 4.69) is 9.28 Å². The Balaban J connectivity index is 2.54. The molecule has 0 amide bonds. The van der Waals surface area contributed by atoms with Gasteiger partial charge in [-0.15, -0.1) is 0 Å². The minimum Gasteiger partial charge on any atom is -0.367 e. The molecule has 0 spiro atoms. The van der Waals surface area contributed by atoms with E-state index in [1.54, 1.807) is 24.4 Å². The molecule has 6 nitrogen and oxygen atoms in total. The molecule has 14 heavy (non-hydrogen) atoms. The van der Waals surface area contributed by atoms with Gasteiger partial charge < -0.3 is 4.18 Å². The third-order valence-corrected chi connectivity index (χ3v) is 2.01. The predicted molar refractivity (Wildman–Crippen MR) is 48.9 cm³/mol. The van der Waals surface area contributed by atoms with Crippen molar-refractivity contribution in [3.63, 3.8) is 0 Å². The molecule has 0 aliphatic rings. The lowest BCUT2D eigenvalue weighted by Gasteiger charge is -1.98. The molecule has 0 fully saturated rings. The van der Waals surface area contributed by atoms with E-state index in [1.807, 2.05) is 0 Å². The maximum atomic E-state index is 10.7. The maximum absolute atomic E-state index is 10.7. The second kappa shape index (κ2) is 2.96. The smallest absolute Gasteiger partial charge is 0.367 e.